The standard InChI is InChI=1S/C14H20N4/c1-11-3-5-12(6-4-11)7-8-13(16-15)14-9-10-18(2)17-14/h3-6,9-10,13,16H,7-8,15H2,1-2H3. The largest absolute Gasteiger partial charge is 0.275 e. The Morgan fingerprint density at radius 3 is 2.56 bits per heavy atom. The van der Waals surface area contributed by atoms with Crippen LogP contribution in [0.25, 0.3) is 0 Å². The lowest BCUT2D eigenvalue weighted by Crippen LogP contribution is -2.28. The molecule has 0 fully saturated rings. The van der Waals surface area contributed by atoms with Crippen LogP contribution in [0.15, 0.2) is 36.5 Å². The Bertz CT molecular complexity index is 487. The Balaban J connectivity index is 1.97. The number of nitrogens with zero attached hydrogens (tertiary/aromatic N) is 2. The summed E-state index contributed by atoms with van der Waals surface area (Å²) in [6.07, 6.45) is 3.87. The fourth-order valence-electron chi connectivity index (χ4n) is 2.00. The molecule has 4 heteroatoms. The molecule has 0 aliphatic carbocycles. The second-order valence-corrected chi connectivity index (χ2v) is 4.66. The number of nitrogens with one attached hydrogen (secondary N) is 1. The van der Waals surface area contributed by atoms with Crippen molar-refractivity contribution in [1.29, 1.82) is 0 Å². The smallest absolute Gasteiger partial charge is 0.0807 e. The molecule has 0 radical (unpaired) electrons. The molecule has 0 bridgehead atoms. The van der Waals surface area contributed by atoms with Gasteiger partial charge >= 0.3 is 0 Å². The fourth-order valence-corrected chi connectivity index (χ4v) is 2.00. The van der Waals surface area contributed by atoms with E-state index in [-0.39, 0.29) is 6.04 Å². The quantitative estimate of drug-likeness (QED) is 0.623. The lowest BCUT2D eigenvalue weighted by Gasteiger charge is -2.13. The zero-order valence-corrected chi connectivity index (χ0v) is 10.9. The van der Waals surface area contributed by atoms with Crippen LogP contribution < -0.4 is 11.3 Å². The van der Waals surface area contributed by atoms with E-state index in [0.29, 0.717) is 0 Å². The number of hydrogen-bond acceptors (Lipinski definition) is 3. The Kier molecular flexibility index (Phi) is 4.12. The Morgan fingerprint density at radius 1 is 1.28 bits per heavy atom. The maximum Gasteiger partial charge on any atom is 0.0807 e. The lowest BCUT2D eigenvalue weighted by atomic mass is 10.0. The molecule has 96 valence electrons. The van der Waals surface area contributed by atoms with Crippen molar-refractivity contribution in [3.63, 3.8) is 0 Å². The minimum atomic E-state index is 0.104. The van der Waals surface area contributed by atoms with Gasteiger partial charge in [0.2, 0.25) is 0 Å². The molecule has 0 saturated heterocycles. The predicted octanol–water partition coefficient (Wildman–Crippen LogP) is 1.87. The molecule has 1 aromatic carbocycles. The van der Waals surface area contributed by atoms with Crippen LogP contribution in [0, 0.1) is 6.92 Å². The van der Waals surface area contributed by atoms with Crippen molar-refractivity contribution in [2.24, 2.45) is 12.9 Å². The first-order valence-corrected chi connectivity index (χ1v) is 6.20. The summed E-state index contributed by atoms with van der Waals surface area (Å²) < 4.78 is 1.80. The maximum atomic E-state index is 5.60. The molecule has 2 rings (SSSR count). The van der Waals surface area contributed by atoms with Gasteiger partial charge in [0.05, 0.1) is 11.7 Å². The Labute approximate surface area is 108 Å². The van der Waals surface area contributed by atoms with Crippen LogP contribution in [0.1, 0.15) is 29.3 Å². The van der Waals surface area contributed by atoms with Crippen LogP contribution in [-0.4, -0.2) is 9.78 Å². The summed E-state index contributed by atoms with van der Waals surface area (Å²) in [5, 5.41) is 4.38. The first kappa shape index (κ1) is 12.8. The summed E-state index contributed by atoms with van der Waals surface area (Å²) in [5.74, 6) is 5.60. The number of aromatic nitrogens is 2. The second kappa shape index (κ2) is 5.80. The van der Waals surface area contributed by atoms with E-state index >= 15 is 0 Å². The predicted molar refractivity (Wildman–Crippen MR) is 72.8 cm³/mol. The van der Waals surface area contributed by atoms with Crippen molar-refractivity contribution in [3.8, 4) is 0 Å². The highest BCUT2D eigenvalue weighted by atomic mass is 15.3. The average molecular weight is 244 g/mol. The van der Waals surface area contributed by atoms with Crippen molar-refractivity contribution in [3.05, 3.63) is 53.3 Å². The lowest BCUT2D eigenvalue weighted by molar-refractivity contribution is 0.498. The molecule has 1 aromatic heterocycles. The molecule has 2 aromatic rings. The van der Waals surface area contributed by atoms with E-state index in [9.17, 15) is 0 Å². The molecule has 1 unspecified atom stereocenters. The van der Waals surface area contributed by atoms with Gasteiger partial charge in [-0.25, -0.2) is 0 Å². The molecule has 0 spiro atoms. The number of aryl methyl sites for hydroxylation is 3. The van der Waals surface area contributed by atoms with Gasteiger partial charge in [0.1, 0.15) is 0 Å². The number of nitrogens with two attached hydrogens (primary N) is 1. The van der Waals surface area contributed by atoms with Crippen LogP contribution >= 0.6 is 0 Å². The third kappa shape index (κ3) is 3.18. The summed E-state index contributed by atoms with van der Waals surface area (Å²) >= 11 is 0. The minimum absolute atomic E-state index is 0.104. The number of benzene rings is 1. The van der Waals surface area contributed by atoms with E-state index in [1.54, 1.807) is 4.68 Å². The summed E-state index contributed by atoms with van der Waals surface area (Å²) in [4.78, 5) is 0. The third-order valence-electron chi connectivity index (χ3n) is 3.13. The average Bonchev–Trinajstić information content (AvgIpc) is 2.79. The molecule has 0 aliphatic rings. The highest BCUT2D eigenvalue weighted by Gasteiger charge is 2.12. The Hall–Kier alpha value is -1.65. The molecule has 18 heavy (non-hydrogen) atoms. The van der Waals surface area contributed by atoms with Gasteiger partial charge < -0.3 is 0 Å². The van der Waals surface area contributed by atoms with Crippen LogP contribution in [0.3, 0.4) is 0 Å². The molecule has 4 nitrogen and oxygen atoms in total. The molecule has 0 aliphatic heterocycles. The summed E-state index contributed by atoms with van der Waals surface area (Å²) in [6.45, 7) is 2.10. The number of hydrogen-bond donors (Lipinski definition) is 2. The van der Waals surface area contributed by atoms with Crippen molar-refractivity contribution in [2.45, 2.75) is 25.8 Å². The van der Waals surface area contributed by atoms with E-state index in [1.165, 1.54) is 11.1 Å². The van der Waals surface area contributed by atoms with Crippen molar-refractivity contribution < 1.29 is 0 Å². The van der Waals surface area contributed by atoms with Crippen LogP contribution in [0.4, 0.5) is 0 Å². The molecule has 1 heterocycles. The van der Waals surface area contributed by atoms with E-state index < -0.39 is 0 Å². The summed E-state index contributed by atoms with van der Waals surface area (Å²) in [7, 11) is 1.91. The van der Waals surface area contributed by atoms with E-state index in [2.05, 4.69) is 41.7 Å². The van der Waals surface area contributed by atoms with E-state index in [1.807, 2.05) is 19.3 Å². The van der Waals surface area contributed by atoms with E-state index in [0.717, 1.165) is 18.5 Å². The molecule has 3 N–H and O–H groups in total. The monoisotopic (exact) mass is 244 g/mol. The summed E-state index contributed by atoms with van der Waals surface area (Å²) in [5.41, 5.74) is 6.45. The SMILES string of the molecule is Cc1ccc(CCC(NN)c2ccn(C)n2)cc1. The molecular formula is C14H20N4. The van der Waals surface area contributed by atoms with Crippen molar-refractivity contribution >= 4 is 0 Å². The summed E-state index contributed by atoms with van der Waals surface area (Å²) in [6, 6.07) is 10.7. The first-order chi connectivity index (χ1) is 8.69. The zero-order valence-electron chi connectivity index (χ0n) is 10.9. The van der Waals surface area contributed by atoms with Gasteiger partial charge in [-0.05, 0) is 31.4 Å². The minimum Gasteiger partial charge on any atom is -0.275 e. The van der Waals surface area contributed by atoms with Crippen LogP contribution in [0.2, 0.25) is 0 Å². The molecule has 0 saturated carbocycles. The number of hydrazine groups is 1. The van der Waals surface area contributed by atoms with Crippen molar-refractivity contribution in [1.82, 2.24) is 15.2 Å². The molecular weight excluding hydrogens is 224 g/mol. The number of rotatable bonds is 5. The highest BCUT2D eigenvalue weighted by Crippen LogP contribution is 2.16. The van der Waals surface area contributed by atoms with Crippen molar-refractivity contribution in [2.75, 3.05) is 0 Å². The Morgan fingerprint density at radius 2 is 2.00 bits per heavy atom. The van der Waals surface area contributed by atoms with Gasteiger partial charge in [0, 0.05) is 13.2 Å². The van der Waals surface area contributed by atoms with Gasteiger partial charge in [-0.3, -0.25) is 16.0 Å². The fraction of sp³-hybridized carbons (Fsp3) is 0.357. The highest BCUT2D eigenvalue weighted by molar-refractivity contribution is 5.21. The van der Waals surface area contributed by atoms with Gasteiger partial charge in [-0.2, -0.15) is 5.10 Å². The zero-order chi connectivity index (χ0) is 13.0. The second-order valence-electron chi connectivity index (χ2n) is 4.66. The maximum absolute atomic E-state index is 5.60. The van der Waals surface area contributed by atoms with E-state index in [4.69, 9.17) is 5.84 Å². The van der Waals surface area contributed by atoms with Gasteiger partial charge in [0.15, 0.2) is 0 Å². The molecule has 0 amide bonds. The van der Waals surface area contributed by atoms with Gasteiger partial charge in [-0.1, -0.05) is 29.8 Å². The first-order valence-electron chi connectivity index (χ1n) is 6.20. The van der Waals surface area contributed by atoms with Crippen LogP contribution in [-0.2, 0) is 13.5 Å². The topological polar surface area (TPSA) is 55.9 Å². The van der Waals surface area contributed by atoms with Gasteiger partial charge in [-0.15, -0.1) is 0 Å². The third-order valence-corrected chi connectivity index (χ3v) is 3.13. The van der Waals surface area contributed by atoms with Crippen LogP contribution in [0.5, 0.6) is 0 Å². The van der Waals surface area contributed by atoms with Gasteiger partial charge in [0.25, 0.3) is 0 Å². The molecule has 1 atom stereocenters. The normalized spacial score (nSPS) is 12.6.